The van der Waals surface area contributed by atoms with Gasteiger partial charge in [-0.3, -0.25) is 0 Å². The summed E-state index contributed by atoms with van der Waals surface area (Å²) in [6.07, 6.45) is 10.2. The van der Waals surface area contributed by atoms with Gasteiger partial charge in [-0.1, -0.05) is 44.2 Å². The summed E-state index contributed by atoms with van der Waals surface area (Å²) in [6, 6.07) is 7.19. The highest BCUT2D eigenvalue weighted by Gasteiger charge is 2.14. The quantitative estimate of drug-likeness (QED) is 0.633. The first-order valence-electron chi connectivity index (χ1n) is 10.2. The maximum atomic E-state index is 9.35. The molecule has 0 aliphatic heterocycles. The number of rotatable bonds is 9. The van der Waals surface area contributed by atoms with Crippen molar-refractivity contribution >= 4 is 23.5 Å². The molecule has 0 radical (unpaired) electrons. The molecule has 28 heavy (non-hydrogen) atoms. The van der Waals surface area contributed by atoms with E-state index >= 15 is 0 Å². The van der Waals surface area contributed by atoms with Crippen molar-refractivity contribution in [2.24, 2.45) is 5.92 Å². The zero-order valence-electron chi connectivity index (χ0n) is 16.6. The smallest absolute Gasteiger partial charge is 0.231 e. The highest BCUT2D eigenvalue weighted by atomic mass is 35.5. The molecule has 1 aliphatic rings. The Morgan fingerprint density at radius 1 is 1.11 bits per heavy atom. The minimum absolute atomic E-state index is 0.205. The SMILES string of the molecule is CN(CCCC1CCCCC1)c1nc(Cl)nc(NCCc2ccc(O)cc2)n1. The Labute approximate surface area is 172 Å². The van der Waals surface area contributed by atoms with Crippen LogP contribution in [0.4, 0.5) is 11.9 Å². The second kappa shape index (κ2) is 10.5. The van der Waals surface area contributed by atoms with Gasteiger partial charge in [0.05, 0.1) is 0 Å². The second-order valence-corrected chi connectivity index (χ2v) is 7.98. The molecule has 2 N–H and O–H groups in total. The first-order valence-corrected chi connectivity index (χ1v) is 10.6. The molecule has 152 valence electrons. The summed E-state index contributed by atoms with van der Waals surface area (Å²) in [7, 11) is 2.01. The Kier molecular flexibility index (Phi) is 7.71. The van der Waals surface area contributed by atoms with Crippen LogP contribution in [0.5, 0.6) is 5.75 Å². The molecule has 6 nitrogen and oxygen atoms in total. The van der Waals surface area contributed by atoms with Gasteiger partial charge in [0.15, 0.2) is 0 Å². The van der Waals surface area contributed by atoms with Crippen LogP contribution in [0.1, 0.15) is 50.5 Å². The van der Waals surface area contributed by atoms with Gasteiger partial charge in [-0.15, -0.1) is 0 Å². The minimum atomic E-state index is 0.205. The van der Waals surface area contributed by atoms with Gasteiger partial charge in [-0.25, -0.2) is 0 Å². The third-order valence-electron chi connectivity index (χ3n) is 5.40. The Hall–Kier alpha value is -2.08. The van der Waals surface area contributed by atoms with Crippen LogP contribution in [0.25, 0.3) is 0 Å². The lowest BCUT2D eigenvalue weighted by Gasteiger charge is -2.23. The molecule has 0 spiro atoms. The second-order valence-electron chi connectivity index (χ2n) is 7.64. The molecule has 2 aromatic rings. The van der Waals surface area contributed by atoms with Crippen LogP contribution in [0, 0.1) is 5.92 Å². The number of anilines is 2. The first-order chi connectivity index (χ1) is 13.6. The van der Waals surface area contributed by atoms with Crippen LogP contribution in [-0.4, -0.2) is 40.2 Å². The Morgan fingerprint density at radius 3 is 2.61 bits per heavy atom. The third kappa shape index (κ3) is 6.51. The van der Waals surface area contributed by atoms with E-state index in [-0.39, 0.29) is 11.0 Å². The minimum Gasteiger partial charge on any atom is -0.508 e. The fourth-order valence-corrected chi connectivity index (χ4v) is 3.92. The predicted molar refractivity (Wildman–Crippen MR) is 114 cm³/mol. The maximum absolute atomic E-state index is 9.35. The van der Waals surface area contributed by atoms with Crippen molar-refractivity contribution in [2.75, 3.05) is 30.4 Å². The lowest BCUT2D eigenvalue weighted by Crippen LogP contribution is -2.23. The summed E-state index contributed by atoms with van der Waals surface area (Å²) in [6.45, 7) is 1.60. The molecule has 1 aromatic carbocycles. The molecule has 1 heterocycles. The number of halogens is 1. The first kappa shape index (κ1) is 20.6. The Bertz CT molecular complexity index is 734. The molecule has 1 aromatic heterocycles. The number of aromatic nitrogens is 3. The van der Waals surface area contributed by atoms with E-state index in [1.165, 1.54) is 38.5 Å². The van der Waals surface area contributed by atoms with Gasteiger partial charge in [0, 0.05) is 20.1 Å². The van der Waals surface area contributed by atoms with E-state index in [1.807, 2.05) is 19.2 Å². The fraction of sp³-hybridized carbons (Fsp3) is 0.571. The lowest BCUT2D eigenvalue weighted by atomic mass is 9.86. The van der Waals surface area contributed by atoms with Crippen molar-refractivity contribution in [2.45, 2.75) is 51.4 Å². The summed E-state index contributed by atoms with van der Waals surface area (Å²) < 4.78 is 0. The normalized spacial score (nSPS) is 14.8. The molecule has 0 bridgehead atoms. The summed E-state index contributed by atoms with van der Waals surface area (Å²) in [4.78, 5) is 15.0. The molecule has 7 heteroatoms. The number of phenols is 1. The van der Waals surface area contributed by atoms with Crippen molar-refractivity contribution in [1.29, 1.82) is 0 Å². The van der Waals surface area contributed by atoms with Crippen LogP contribution in [0.2, 0.25) is 5.28 Å². The van der Waals surface area contributed by atoms with Crippen molar-refractivity contribution in [3.8, 4) is 5.75 Å². The van der Waals surface area contributed by atoms with E-state index in [0.717, 1.165) is 30.9 Å². The van der Waals surface area contributed by atoms with Crippen LogP contribution in [0.15, 0.2) is 24.3 Å². The number of nitrogens with one attached hydrogen (secondary N) is 1. The highest BCUT2D eigenvalue weighted by Crippen LogP contribution is 2.27. The van der Waals surface area contributed by atoms with Gasteiger partial charge >= 0.3 is 0 Å². The summed E-state index contributed by atoms with van der Waals surface area (Å²) in [5.74, 6) is 2.27. The monoisotopic (exact) mass is 403 g/mol. The van der Waals surface area contributed by atoms with Gasteiger partial charge in [0.1, 0.15) is 5.75 Å². The largest absolute Gasteiger partial charge is 0.508 e. The number of nitrogens with zero attached hydrogens (tertiary/aromatic N) is 4. The van der Waals surface area contributed by atoms with E-state index in [1.54, 1.807) is 12.1 Å². The predicted octanol–water partition coefficient (Wildman–Crippen LogP) is 4.68. The number of hydrogen-bond donors (Lipinski definition) is 2. The molecule has 3 rings (SSSR count). The summed E-state index contributed by atoms with van der Waals surface area (Å²) in [5, 5.41) is 12.8. The van der Waals surface area contributed by atoms with Crippen LogP contribution in [0.3, 0.4) is 0 Å². The third-order valence-corrected chi connectivity index (χ3v) is 5.57. The van der Waals surface area contributed by atoms with E-state index in [4.69, 9.17) is 11.6 Å². The van der Waals surface area contributed by atoms with Gasteiger partial charge in [0.25, 0.3) is 0 Å². The van der Waals surface area contributed by atoms with Crippen LogP contribution < -0.4 is 10.2 Å². The van der Waals surface area contributed by atoms with Crippen molar-refractivity contribution < 1.29 is 5.11 Å². The Morgan fingerprint density at radius 2 is 1.86 bits per heavy atom. The lowest BCUT2D eigenvalue weighted by molar-refractivity contribution is 0.333. The Balaban J connectivity index is 1.47. The number of phenolic OH excluding ortho intramolecular Hbond substituents is 1. The molecule has 1 saturated carbocycles. The fourth-order valence-electron chi connectivity index (χ4n) is 3.76. The molecule has 1 aliphatic carbocycles. The molecule has 0 amide bonds. The van der Waals surface area contributed by atoms with Crippen molar-refractivity contribution in [1.82, 2.24) is 15.0 Å². The highest BCUT2D eigenvalue weighted by molar-refractivity contribution is 6.28. The van der Waals surface area contributed by atoms with E-state index in [9.17, 15) is 5.11 Å². The average Bonchev–Trinajstić information content (AvgIpc) is 2.70. The van der Waals surface area contributed by atoms with Crippen molar-refractivity contribution in [3.63, 3.8) is 0 Å². The number of benzene rings is 1. The molecule has 0 saturated heterocycles. The molecule has 0 atom stereocenters. The van der Waals surface area contributed by atoms with Gasteiger partial charge in [0.2, 0.25) is 17.2 Å². The number of aromatic hydroxyl groups is 1. The zero-order chi connectivity index (χ0) is 19.8. The van der Waals surface area contributed by atoms with Gasteiger partial charge in [-0.05, 0) is 54.5 Å². The average molecular weight is 404 g/mol. The van der Waals surface area contributed by atoms with Crippen LogP contribution >= 0.6 is 11.6 Å². The van der Waals surface area contributed by atoms with Gasteiger partial charge < -0.3 is 15.3 Å². The molecular formula is C21H30ClN5O. The van der Waals surface area contributed by atoms with E-state index < -0.39 is 0 Å². The summed E-state index contributed by atoms with van der Waals surface area (Å²) >= 11 is 6.11. The van der Waals surface area contributed by atoms with Crippen LogP contribution in [-0.2, 0) is 6.42 Å². The van der Waals surface area contributed by atoms with Gasteiger partial charge in [-0.2, -0.15) is 15.0 Å². The molecule has 0 unspecified atom stereocenters. The molecular weight excluding hydrogens is 374 g/mol. The zero-order valence-corrected chi connectivity index (χ0v) is 17.3. The van der Waals surface area contributed by atoms with Crippen molar-refractivity contribution in [3.05, 3.63) is 35.1 Å². The maximum Gasteiger partial charge on any atom is 0.231 e. The topological polar surface area (TPSA) is 74.2 Å². The number of hydrogen-bond acceptors (Lipinski definition) is 6. The van der Waals surface area contributed by atoms with E-state index in [0.29, 0.717) is 18.4 Å². The summed E-state index contributed by atoms with van der Waals surface area (Å²) in [5.41, 5.74) is 1.13. The molecule has 1 fully saturated rings. The standard InChI is InChI=1S/C21H30ClN5O/c1-27(15-5-8-16-6-3-2-4-7-16)21-25-19(22)24-20(26-21)23-14-13-17-9-11-18(28)12-10-17/h9-12,16,28H,2-8,13-15H2,1H3,(H,23,24,25,26). The van der Waals surface area contributed by atoms with E-state index in [2.05, 4.69) is 25.2 Å².